The minimum absolute atomic E-state index is 0.0418. The van der Waals surface area contributed by atoms with Gasteiger partial charge in [-0.05, 0) is 31.5 Å². The number of carbonyl (C=O) groups is 1. The summed E-state index contributed by atoms with van der Waals surface area (Å²) in [6.07, 6.45) is 2.57. The lowest BCUT2D eigenvalue weighted by Crippen LogP contribution is -2.36. The number of carbonyl (C=O) groups excluding carboxylic acids is 1. The average Bonchev–Trinajstić information content (AvgIpc) is 2.69. The molecule has 5 nitrogen and oxygen atoms in total. The van der Waals surface area contributed by atoms with Crippen molar-refractivity contribution >= 4 is 17.4 Å². The van der Waals surface area contributed by atoms with Crippen molar-refractivity contribution in [3.05, 3.63) is 83.8 Å². The van der Waals surface area contributed by atoms with Gasteiger partial charge in [-0.25, -0.2) is 18.7 Å². The van der Waals surface area contributed by atoms with Crippen molar-refractivity contribution < 1.29 is 13.6 Å². The quantitative estimate of drug-likeness (QED) is 0.680. The zero-order chi connectivity index (χ0) is 20.1. The average molecular weight is 382 g/mol. The summed E-state index contributed by atoms with van der Waals surface area (Å²) in [5, 5.41) is 2.55. The molecule has 1 amide bonds. The maximum atomic E-state index is 13.7. The summed E-state index contributed by atoms with van der Waals surface area (Å²) >= 11 is 0. The first-order valence-corrected chi connectivity index (χ1v) is 8.83. The van der Waals surface area contributed by atoms with Crippen molar-refractivity contribution in [2.24, 2.45) is 0 Å². The highest BCUT2D eigenvalue weighted by atomic mass is 19.1. The monoisotopic (exact) mass is 382 g/mol. The molecule has 1 aromatic heterocycles. The molecule has 0 fully saturated rings. The summed E-state index contributed by atoms with van der Waals surface area (Å²) in [7, 11) is 0. The van der Waals surface area contributed by atoms with E-state index in [1.54, 1.807) is 4.90 Å². The molecule has 0 bridgehead atoms. The fourth-order valence-electron chi connectivity index (χ4n) is 2.66. The van der Waals surface area contributed by atoms with E-state index in [9.17, 15) is 13.6 Å². The predicted octanol–water partition coefficient (Wildman–Crippen LogP) is 4.55. The normalized spacial score (nSPS) is 10.8. The van der Waals surface area contributed by atoms with Crippen molar-refractivity contribution in [1.82, 2.24) is 14.9 Å². The zero-order valence-corrected chi connectivity index (χ0v) is 15.6. The lowest BCUT2D eigenvalue weighted by atomic mass is 10.2. The van der Waals surface area contributed by atoms with E-state index >= 15 is 0 Å². The fourth-order valence-corrected chi connectivity index (χ4v) is 2.66. The van der Waals surface area contributed by atoms with Gasteiger partial charge in [0.05, 0.1) is 12.4 Å². The molecule has 3 aromatic rings. The van der Waals surface area contributed by atoms with Crippen molar-refractivity contribution in [3.8, 4) is 0 Å². The zero-order valence-electron chi connectivity index (χ0n) is 15.6. The molecule has 7 heteroatoms. The minimum atomic E-state index is -0.740. The lowest BCUT2D eigenvalue weighted by molar-refractivity contribution is 0.0684. The molecule has 0 atom stereocenters. The van der Waals surface area contributed by atoms with Gasteiger partial charge in [-0.15, -0.1) is 0 Å². The van der Waals surface area contributed by atoms with Gasteiger partial charge in [0.15, 0.2) is 0 Å². The Morgan fingerprint density at radius 2 is 1.68 bits per heavy atom. The van der Waals surface area contributed by atoms with Gasteiger partial charge in [0.2, 0.25) is 0 Å². The fraction of sp³-hybridized carbons (Fsp3) is 0.190. The largest absolute Gasteiger partial charge is 0.334 e. The number of amides is 1. The summed E-state index contributed by atoms with van der Waals surface area (Å²) in [4.78, 5) is 22.7. The van der Waals surface area contributed by atoms with E-state index < -0.39 is 11.6 Å². The summed E-state index contributed by atoms with van der Waals surface area (Å²) in [6, 6.07) is 13.2. The van der Waals surface area contributed by atoms with Gasteiger partial charge in [0.1, 0.15) is 28.8 Å². The molecule has 0 spiro atoms. The summed E-state index contributed by atoms with van der Waals surface area (Å²) < 4.78 is 27.5. The second-order valence-corrected chi connectivity index (χ2v) is 6.52. The molecule has 0 radical (unpaired) electrons. The highest BCUT2D eigenvalue weighted by Gasteiger charge is 2.21. The molecule has 0 saturated carbocycles. The molecule has 0 unspecified atom stereocenters. The Balaban J connectivity index is 1.76. The first kappa shape index (κ1) is 19.4. The number of anilines is 2. The summed E-state index contributed by atoms with van der Waals surface area (Å²) in [5.41, 5.74) is 0.846. The smallest absolute Gasteiger partial charge is 0.274 e. The lowest BCUT2D eigenvalue weighted by Gasteiger charge is -2.26. The Labute approximate surface area is 162 Å². The predicted molar refractivity (Wildman–Crippen MR) is 103 cm³/mol. The van der Waals surface area contributed by atoms with Gasteiger partial charge in [0.25, 0.3) is 5.91 Å². The van der Waals surface area contributed by atoms with E-state index in [1.807, 2.05) is 44.2 Å². The SMILES string of the molecule is CC(C)N(Cc1ccccc1)C(=O)c1cnc(Nc2c(F)cccc2F)cn1. The molecule has 0 aliphatic heterocycles. The van der Waals surface area contributed by atoms with E-state index in [2.05, 4.69) is 15.3 Å². The van der Waals surface area contributed by atoms with E-state index in [1.165, 1.54) is 18.5 Å². The number of nitrogens with zero attached hydrogens (tertiary/aromatic N) is 3. The summed E-state index contributed by atoms with van der Waals surface area (Å²) in [5.74, 6) is -1.61. The molecule has 0 aliphatic rings. The minimum Gasteiger partial charge on any atom is -0.334 e. The second kappa shape index (κ2) is 8.56. The van der Waals surface area contributed by atoms with Crippen molar-refractivity contribution in [1.29, 1.82) is 0 Å². The number of para-hydroxylation sites is 1. The molecule has 144 valence electrons. The molecule has 0 aliphatic carbocycles. The molecule has 3 rings (SSSR count). The van der Waals surface area contributed by atoms with Crippen LogP contribution in [0.1, 0.15) is 29.9 Å². The molecule has 1 N–H and O–H groups in total. The molecular weight excluding hydrogens is 362 g/mol. The van der Waals surface area contributed by atoms with Crippen LogP contribution in [0.4, 0.5) is 20.3 Å². The Morgan fingerprint density at radius 1 is 1.00 bits per heavy atom. The highest BCUT2D eigenvalue weighted by Crippen LogP contribution is 2.21. The van der Waals surface area contributed by atoms with Crippen LogP contribution in [0.25, 0.3) is 0 Å². The Hall–Kier alpha value is -3.35. The summed E-state index contributed by atoms with van der Waals surface area (Å²) in [6.45, 7) is 4.29. The van der Waals surface area contributed by atoms with Gasteiger partial charge in [-0.3, -0.25) is 4.79 Å². The highest BCUT2D eigenvalue weighted by molar-refractivity contribution is 5.92. The van der Waals surface area contributed by atoms with Crippen LogP contribution in [0.2, 0.25) is 0 Å². The molecule has 2 aromatic carbocycles. The van der Waals surface area contributed by atoms with Gasteiger partial charge < -0.3 is 10.2 Å². The Kier molecular flexibility index (Phi) is 5.93. The van der Waals surface area contributed by atoms with Crippen LogP contribution in [0.15, 0.2) is 60.9 Å². The molecular formula is C21H20F2N4O. The number of halogens is 2. The van der Waals surface area contributed by atoms with E-state index in [0.717, 1.165) is 17.7 Å². The molecule has 0 saturated heterocycles. The van der Waals surface area contributed by atoms with Crippen molar-refractivity contribution in [3.63, 3.8) is 0 Å². The Bertz CT molecular complexity index is 926. The van der Waals surface area contributed by atoms with E-state index in [0.29, 0.717) is 6.54 Å². The third-order valence-electron chi connectivity index (χ3n) is 4.17. The van der Waals surface area contributed by atoms with Crippen LogP contribution < -0.4 is 5.32 Å². The van der Waals surface area contributed by atoms with Crippen LogP contribution in [0.3, 0.4) is 0 Å². The van der Waals surface area contributed by atoms with E-state index in [-0.39, 0.29) is 29.1 Å². The van der Waals surface area contributed by atoms with Gasteiger partial charge >= 0.3 is 0 Å². The first-order chi connectivity index (χ1) is 13.5. The number of nitrogens with one attached hydrogen (secondary N) is 1. The topological polar surface area (TPSA) is 58.1 Å². The van der Waals surface area contributed by atoms with Crippen LogP contribution in [-0.2, 0) is 6.54 Å². The van der Waals surface area contributed by atoms with E-state index in [4.69, 9.17) is 0 Å². The third-order valence-corrected chi connectivity index (χ3v) is 4.17. The standard InChI is InChI=1S/C21H20F2N4O/c1-14(2)27(13-15-7-4-3-5-8-15)21(28)18-11-25-19(12-24-18)26-20-16(22)9-6-10-17(20)23/h3-12,14H,13H2,1-2H3,(H,25,26). The van der Waals surface area contributed by atoms with Crippen LogP contribution in [0.5, 0.6) is 0 Å². The van der Waals surface area contributed by atoms with Crippen LogP contribution in [0, 0.1) is 11.6 Å². The van der Waals surface area contributed by atoms with Crippen LogP contribution in [-0.4, -0.2) is 26.8 Å². The Morgan fingerprint density at radius 3 is 2.25 bits per heavy atom. The number of hydrogen-bond acceptors (Lipinski definition) is 4. The van der Waals surface area contributed by atoms with Gasteiger partial charge in [0, 0.05) is 12.6 Å². The molecule has 28 heavy (non-hydrogen) atoms. The first-order valence-electron chi connectivity index (χ1n) is 8.83. The third kappa shape index (κ3) is 4.49. The van der Waals surface area contributed by atoms with Gasteiger partial charge in [-0.1, -0.05) is 36.4 Å². The number of benzene rings is 2. The maximum absolute atomic E-state index is 13.7. The maximum Gasteiger partial charge on any atom is 0.274 e. The van der Waals surface area contributed by atoms with Crippen molar-refractivity contribution in [2.75, 3.05) is 5.32 Å². The van der Waals surface area contributed by atoms with Crippen LogP contribution >= 0.6 is 0 Å². The number of rotatable bonds is 6. The van der Waals surface area contributed by atoms with Crippen molar-refractivity contribution in [2.45, 2.75) is 26.4 Å². The molecule has 1 heterocycles. The number of aromatic nitrogens is 2. The number of hydrogen-bond donors (Lipinski definition) is 1. The van der Waals surface area contributed by atoms with Gasteiger partial charge in [-0.2, -0.15) is 0 Å². The second-order valence-electron chi connectivity index (χ2n) is 6.52.